The van der Waals surface area contributed by atoms with E-state index in [2.05, 4.69) is 4.98 Å². The Morgan fingerprint density at radius 1 is 0.617 bits per heavy atom. The minimum atomic E-state index is -1.53. The summed E-state index contributed by atoms with van der Waals surface area (Å²) in [5.41, 5.74) is 0.606. The first-order chi connectivity index (χ1) is 29.3. The van der Waals surface area contributed by atoms with Gasteiger partial charge in [-0.15, -0.1) is 0 Å². The summed E-state index contributed by atoms with van der Waals surface area (Å²) in [6, 6.07) is 43.2. The standard InChI is InChI=1S/C46H42N2O12/c1-53-36-22-18-34(19-23-36)46(33-16-10-5-11-17-33,35-20-24-37(54-2)25-21-35)57-30-38-40(59-44(51)55-28-31-12-6-3-7-13-31)41(42(58-38)48-27-26-39(49)47-43(48)50)60-45(52)56-29-32-14-8-4-9-15-32/h3-27,38,40-42H,28-30H2,1-2H3,(H,47,49,50)/t38-,40?,41+,42-/m1/s1. The van der Waals surface area contributed by atoms with Crippen LogP contribution in [-0.2, 0) is 47.2 Å². The fourth-order valence-electron chi connectivity index (χ4n) is 6.97. The number of H-pyrrole nitrogens is 1. The maximum atomic E-state index is 13.5. The van der Waals surface area contributed by atoms with E-state index in [1.807, 2.05) is 91.0 Å². The molecule has 2 heterocycles. The highest BCUT2D eigenvalue weighted by atomic mass is 16.8. The number of benzene rings is 5. The first-order valence-corrected chi connectivity index (χ1v) is 19.0. The number of nitrogens with one attached hydrogen (secondary N) is 1. The number of aromatic amines is 1. The Kier molecular flexibility index (Phi) is 13.0. The third-order valence-corrected chi connectivity index (χ3v) is 9.91. The SMILES string of the molecule is COc1ccc(C(OC[C@H]2O[C@@H](n3ccc(=O)[nH]c3=O)[C@@H](OC(=O)OCc3ccccc3)C2OC(=O)OCc2ccccc2)(c2ccccc2)c2ccc(OC)cc2)cc1. The molecule has 14 nitrogen and oxygen atoms in total. The zero-order valence-electron chi connectivity index (χ0n) is 32.7. The van der Waals surface area contributed by atoms with Gasteiger partial charge in [-0.3, -0.25) is 14.3 Å². The number of nitrogens with zero attached hydrogens (tertiary/aromatic N) is 1. The maximum Gasteiger partial charge on any atom is 0.509 e. The summed E-state index contributed by atoms with van der Waals surface area (Å²) in [6.07, 6.45) is -6.73. The number of rotatable bonds is 15. The zero-order chi connectivity index (χ0) is 41.9. The second-order valence-electron chi connectivity index (χ2n) is 13.6. The highest BCUT2D eigenvalue weighted by Crippen LogP contribution is 2.43. The van der Waals surface area contributed by atoms with Gasteiger partial charge in [-0.05, 0) is 52.1 Å². The van der Waals surface area contributed by atoms with Crippen molar-refractivity contribution in [3.63, 3.8) is 0 Å². The number of carbonyl (C=O) groups excluding carboxylic acids is 2. The van der Waals surface area contributed by atoms with Crippen LogP contribution in [0.5, 0.6) is 11.5 Å². The van der Waals surface area contributed by atoms with Crippen LogP contribution in [-0.4, -0.2) is 61.0 Å². The number of methoxy groups -OCH3 is 2. The zero-order valence-corrected chi connectivity index (χ0v) is 32.7. The van der Waals surface area contributed by atoms with E-state index in [9.17, 15) is 19.2 Å². The Bertz CT molecular complexity index is 2390. The van der Waals surface area contributed by atoms with E-state index in [0.29, 0.717) is 33.8 Å². The molecule has 1 aliphatic heterocycles. The number of hydrogen-bond donors (Lipinski definition) is 1. The van der Waals surface area contributed by atoms with E-state index in [1.54, 1.807) is 62.8 Å². The lowest BCUT2D eigenvalue weighted by molar-refractivity contribution is -0.100. The molecule has 1 N–H and O–H groups in total. The molecule has 4 atom stereocenters. The molecule has 0 aliphatic carbocycles. The molecule has 14 heteroatoms. The molecule has 1 unspecified atom stereocenters. The van der Waals surface area contributed by atoms with Crippen molar-refractivity contribution in [3.8, 4) is 11.5 Å². The summed E-state index contributed by atoms with van der Waals surface area (Å²) in [6.45, 7) is -0.595. The van der Waals surface area contributed by atoms with Crippen molar-refractivity contribution in [3.05, 3.63) is 200 Å². The quantitative estimate of drug-likeness (QED) is 0.0844. The monoisotopic (exact) mass is 814 g/mol. The molecular formula is C46H42N2O12. The molecule has 60 heavy (non-hydrogen) atoms. The molecule has 0 radical (unpaired) electrons. The molecule has 0 spiro atoms. The largest absolute Gasteiger partial charge is 0.509 e. The second kappa shape index (κ2) is 19.1. The predicted molar refractivity (Wildman–Crippen MR) is 216 cm³/mol. The molecule has 1 fully saturated rings. The van der Waals surface area contributed by atoms with Crippen molar-refractivity contribution in [2.45, 2.75) is 43.4 Å². The lowest BCUT2D eigenvalue weighted by Crippen LogP contribution is -2.44. The fourth-order valence-corrected chi connectivity index (χ4v) is 6.97. The lowest BCUT2D eigenvalue weighted by Gasteiger charge is -2.37. The molecule has 5 aromatic carbocycles. The minimum absolute atomic E-state index is 0.131. The second-order valence-corrected chi connectivity index (χ2v) is 13.6. The Morgan fingerprint density at radius 3 is 1.57 bits per heavy atom. The van der Waals surface area contributed by atoms with Gasteiger partial charge >= 0.3 is 18.0 Å². The molecule has 1 aliphatic rings. The normalized spacial score (nSPS) is 17.3. The van der Waals surface area contributed by atoms with Gasteiger partial charge in [0.25, 0.3) is 5.56 Å². The van der Waals surface area contributed by atoms with Gasteiger partial charge in [0, 0.05) is 12.3 Å². The first kappa shape index (κ1) is 41.0. The fraction of sp³-hybridized carbons (Fsp3) is 0.217. The van der Waals surface area contributed by atoms with E-state index in [0.717, 1.165) is 16.2 Å². The first-order valence-electron chi connectivity index (χ1n) is 19.0. The van der Waals surface area contributed by atoms with Crippen LogP contribution < -0.4 is 20.7 Å². The Hall–Kier alpha value is -7.16. The summed E-state index contributed by atoms with van der Waals surface area (Å²) >= 11 is 0. The summed E-state index contributed by atoms with van der Waals surface area (Å²) < 4.78 is 48.4. The highest BCUT2D eigenvalue weighted by Gasteiger charge is 2.53. The van der Waals surface area contributed by atoms with E-state index >= 15 is 0 Å². The molecular weight excluding hydrogens is 773 g/mol. The van der Waals surface area contributed by atoms with Crippen LogP contribution >= 0.6 is 0 Å². The molecule has 1 saturated heterocycles. The Balaban J connectivity index is 1.29. The summed E-state index contributed by atoms with van der Waals surface area (Å²) in [5, 5.41) is 0. The van der Waals surface area contributed by atoms with Gasteiger partial charge in [0.2, 0.25) is 0 Å². The highest BCUT2D eigenvalue weighted by molar-refractivity contribution is 5.62. The van der Waals surface area contributed by atoms with Crippen LogP contribution in [0.4, 0.5) is 9.59 Å². The van der Waals surface area contributed by atoms with Gasteiger partial charge in [-0.1, -0.05) is 115 Å². The van der Waals surface area contributed by atoms with Gasteiger partial charge < -0.3 is 37.9 Å². The van der Waals surface area contributed by atoms with Crippen LogP contribution in [0.15, 0.2) is 161 Å². The molecule has 1 aromatic heterocycles. The van der Waals surface area contributed by atoms with Crippen LogP contribution in [0.1, 0.15) is 34.0 Å². The molecule has 0 bridgehead atoms. The third-order valence-electron chi connectivity index (χ3n) is 9.91. The Labute approximate surface area is 344 Å². The predicted octanol–water partition coefficient (Wildman–Crippen LogP) is 6.90. The van der Waals surface area contributed by atoms with E-state index < -0.39 is 53.7 Å². The number of hydrogen-bond acceptors (Lipinski definition) is 12. The topological polar surface area (TPSA) is 163 Å². The van der Waals surface area contributed by atoms with Crippen molar-refractivity contribution in [1.29, 1.82) is 0 Å². The Morgan fingerprint density at radius 2 is 1.08 bits per heavy atom. The molecule has 308 valence electrons. The van der Waals surface area contributed by atoms with Gasteiger partial charge in [-0.2, -0.15) is 0 Å². The van der Waals surface area contributed by atoms with Gasteiger partial charge in [-0.25, -0.2) is 14.4 Å². The minimum Gasteiger partial charge on any atom is -0.497 e. The van der Waals surface area contributed by atoms with Crippen LogP contribution in [0.25, 0.3) is 0 Å². The van der Waals surface area contributed by atoms with Crippen molar-refractivity contribution in [1.82, 2.24) is 9.55 Å². The lowest BCUT2D eigenvalue weighted by atomic mass is 9.80. The van der Waals surface area contributed by atoms with Crippen LogP contribution in [0.2, 0.25) is 0 Å². The van der Waals surface area contributed by atoms with Gasteiger partial charge in [0.15, 0.2) is 18.4 Å². The van der Waals surface area contributed by atoms with Gasteiger partial charge in [0.1, 0.15) is 36.4 Å². The number of ether oxygens (including phenoxy) is 8. The van der Waals surface area contributed by atoms with Crippen molar-refractivity contribution >= 4 is 12.3 Å². The van der Waals surface area contributed by atoms with Crippen molar-refractivity contribution in [2.75, 3.05) is 20.8 Å². The smallest absolute Gasteiger partial charge is 0.497 e. The van der Waals surface area contributed by atoms with E-state index in [4.69, 9.17) is 37.9 Å². The van der Waals surface area contributed by atoms with E-state index in [-0.39, 0.29) is 19.8 Å². The molecule has 0 saturated carbocycles. The summed E-state index contributed by atoms with van der Waals surface area (Å²) in [4.78, 5) is 54.7. The summed E-state index contributed by atoms with van der Waals surface area (Å²) in [7, 11) is 3.14. The van der Waals surface area contributed by atoms with Crippen LogP contribution in [0.3, 0.4) is 0 Å². The molecule has 7 rings (SSSR count). The average Bonchev–Trinajstić information content (AvgIpc) is 3.61. The van der Waals surface area contributed by atoms with Crippen molar-refractivity contribution in [2.24, 2.45) is 0 Å². The van der Waals surface area contributed by atoms with E-state index in [1.165, 1.54) is 6.20 Å². The molecule has 6 aromatic rings. The maximum absolute atomic E-state index is 13.5. The third kappa shape index (κ3) is 9.41. The van der Waals surface area contributed by atoms with Gasteiger partial charge in [0.05, 0.1) is 20.8 Å². The average molecular weight is 815 g/mol. The van der Waals surface area contributed by atoms with Crippen LogP contribution in [0, 0.1) is 0 Å². The number of carbonyl (C=O) groups is 2. The van der Waals surface area contributed by atoms with Crippen molar-refractivity contribution < 1.29 is 47.5 Å². The summed E-state index contributed by atoms with van der Waals surface area (Å²) in [5.74, 6) is 1.23. The molecule has 0 amide bonds. The number of aromatic nitrogens is 2.